The Morgan fingerprint density at radius 3 is 2.41 bits per heavy atom. The number of aromatic nitrogens is 1. The van der Waals surface area contributed by atoms with Crippen molar-refractivity contribution in [1.82, 2.24) is 4.98 Å². The number of benzene rings is 1. The first-order valence-electron chi connectivity index (χ1n) is 12.1. The van der Waals surface area contributed by atoms with E-state index >= 15 is 0 Å². The molecule has 1 aromatic carbocycles. The molecule has 1 amide bonds. The number of hydrogen-bond donors (Lipinski definition) is 1. The standard InChI is InChI=1S/C27H41N3O3Si/c1-25(2,3)32-24(31)29-21-15-23-22(28-16-21)14-20(27(7,8)33-34-26(4,5)6)18-30(23)17-19-12-10-9-11-13-19/h9-13,15-16,20H,14,17-18,34H2,1-8H3,(H,29,31). The summed E-state index contributed by atoms with van der Waals surface area (Å²) in [7, 11) is -0.683. The number of fused-ring (bicyclic) bond motifs is 1. The lowest BCUT2D eigenvalue weighted by molar-refractivity contribution is 0.0435. The molecule has 1 unspecified atom stereocenters. The van der Waals surface area contributed by atoms with Gasteiger partial charge in [-0.2, -0.15) is 0 Å². The second-order valence-corrected chi connectivity index (χ2v) is 14.7. The first-order valence-corrected chi connectivity index (χ1v) is 13.4. The van der Waals surface area contributed by atoms with Crippen LogP contribution in [0.4, 0.5) is 16.2 Å². The van der Waals surface area contributed by atoms with Gasteiger partial charge in [-0.05, 0) is 57.7 Å². The number of rotatable bonds is 6. The Hall–Kier alpha value is -2.38. The van der Waals surface area contributed by atoms with Crippen LogP contribution in [0.3, 0.4) is 0 Å². The highest BCUT2D eigenvalue weighted by Gasteiger charge is 2.37. The molecule has 3 rings (SSSR count). The van der Waals surface area contributed by atoms with E-state index in [1.807, 2.05) is 32.9 Å². The molecular weight excluding hydrogens is 442 g/mol. The molecule has 0 aliphatic carbocycles. The molecule has 2 aromatic rings. The SMILES string of the molecule is CC(C)(C)OC(=O)Nc1cnc2c(c1)N(Cc1ccccc1)CC(C(C)(C)O[SiH2]C(C)(C)C)C2. The van der Waals surface area contributed by atoms with Gasteiger partial charge in [-0.25, -0.2) is 4.79 Å². The van der Waals surface area contributed by atoms with E-state index < -0.39 is 21.5 Å². The number of pyridine rings is 1. The predicted molar refractivity (Wildman–Crippen MR) is 142 cm³/mol. The van der Waals surface area contributed by atoms with E-state index in [0.717, 1.165) is 30.9 Å². The monoisotopic (exact) mass is 483 g/mol. The summed E-state index contributed by atoms with van der Waals surface area (Å²) in [5.41, 5.74) is 3.18. The van der Waals surface area contributed by atoms with Crippen LogP contribution in [0.25, 0.3) is 0 Å². The Balaban J connectivity index is 1.87. The molecule has 0 radical (unpaired) electrons. The van der Waals surface area contributed by atoms with Crippen LogP contribution < -0.4 is 10.2 Å². The molecule has 2 heterocycles. The summed E-state index contributed by atoms with van der Waals surface area (Å²) in [5, 5.41) is 3.09. The third kappa shape index (κ3) is 7.57. The van der Waals surface area contributed by atoms with Gasteiger partial charge in [0.05, 0.1) is 28.9 Å². The lowest BCUT2D eigenvalue weighted by atomic mass is 9.83. The summed E-state index contributed by atoms with van der Waals surface area (Å²) in [6.45, 7) is 18.4. The van der Waals surface area contributed by atoms with Gasteiger partial charge in [-0.15, -0.1) is 0 Å². The van der Waals surface area contributed by atoms with Gasteiger partial charge in [0.1, 0.15) is 5.60 Å². The number of hydrogen-bond acceptors (Lipinski definition) is 5. The largest absolute Gasteiger partial charge is 0.444 e. The van der Waals surface area contributed by atoms with Gasteiger partial charge in [0.25, 0.3) is 0 Å². The van der Waals surface area contributed by atoms with Crippen molar-refractivity contribution in [2.24, 2.45) is 5.92 Å². The summed E-state index contributed by atoms with van der Waals surface area (Å²) in [6, 6.07) is 12.5. The number of nitrogens with one attached hydrogen (secondary N) is 1. The lowest BCUT2D eigenvalue weighted by Gasteiger charge is -2.44. The fourth-order valence-corrected chi connectivity index (χ4v) is 5.04. The fraction of sp³-hybridized carbons (Fsp3) is 0.556. The summed E-state index contributed by atoms with van der Waals surface area (Å²) in [4.78, 5) is 19.5. The van der Waals surface area contributed by atoms with Crippen molar-refractivity contribution in [2.75, 3.05) is 16.8 Å². The zero-order valence-corrected chi connectivity index (χ0v) is 23.5. The average molecular weight is 484 g/mol. The molecule has 186 valence electrons. The van der Waals surface area contributed by atoms with Crippen LogP contribution in [0.2, 0.25) is 5.04 Å². The zero-order valence-electron chi connectivity index (χ0n) is 22.1. The maximum atomic E-state index is 12.3. The molecule has 1 N–H and O–H groups in total. The highest BCUT2D eigenvalue weighted by Crippen LogP contribution is 2.38. The molecule has 0 spiro atoms. The predicted octanol–water partition coefficient (Wildman–Crippen LogP) is 5.70. The minimum atomic E-state index is -0.683. The Bertz CT molecular complexity index is 981. The van der Waals surface area contributed by atoms with Crippen LogP contribution in [0.1, 0.15) is 66.6 Å². The Morgan fingerprint density at radius 1 is 1.12 bits per heavy atom. The van der Waals surface area contributed by atoms with Gasteiger partial charge in [0, 0.05) is 19.0 Å². The number of amides is 1. The van der Waals surface area contributed by atoms with Gasteiger partial charge < -0.3 is 14.1 Å². The van der Waals surface area contributed by atoms with Crippen LogP contribution in [-0.4, -0.2) is 38.6 Å². The minimum absolute atomic E-state index is 0.235. The molecule has 1 aliphatic heterocycles. The summed E-state index contributed by atoms with van der Waals surface area (Å²) >= 11 is 0. The number of nitrogens with zero attached hydrogens (tertiary/aromatic N) is 2. The van der Waals surface area contributed by atoms with Gasteiger partial charge >= 0.3 is 6.09 Å². The number of carbonyl (C=O) groups is 1. The Kier molecular flexibility index (Phi) is 7.78. The van der Waals surface area contributed by atoms with E-state index in [1.165, 1.54) is 5.56 Å². The maximum absolute atomic E-state index is 12.3. The molecule has 7 heteroatoms. The summed E-state index contributed by atoms with van der Waals surface area (Å²) in [5.74, 6) is 0.315. The normalized spacial score (nSPS) is 17.1. The second-order valence-electron chi connectivity index (χ2n) is 12.0. The van der Waals surface area contributed by atoms with E-state index in [-0.39, 0.29) is 10.6 Å². The van der Waals surface area contributed by atoms with Crippen LogP contribution in [0.5, 0.6) is 0 Å². The van der Waals surface area contributed by atoms with Crippen molar-refractivity contribution in [3.05, 3.63) is 53.9 Å². The second kappa shape index (κ2) is 10.1. The van der Waals surface area contributed by atoms with E-state index in [2.05, 4.69) is 69.1 Å². The van der Waals surface area contributed by atoms with E-state index in [1.54, 1.807) is 6.20 Å². The van der Waals surface area contributed by atoms with Crippen LogP contribution in [0, 0.1) is 5.92 Å². The van der Waals surface area contributed by atoms with Gasteiger partial charge in [-0.3, -0.25) is 10.3 Å². The zero-order chi connectivity index (χ0) is 25.1. The van der Waals surface area contributed by atoms with Crippen LogP contribution in [-0.2, 0) is 22.1 Å². The van der Waals surface area contributed by atoms with E-state index in [4.69, 9.17) is 14.1 Å². The third-order valence-corrected chi connectivity index (χ3v) is 7.64. The van der Waals surface area contributed by atoms with Crippen molar-refractivity contribution < 1.29 is 14.0 Å². The highest BCUT2D eigenvalue weighted by atomic mass is 28.2. The smallest absolute Gasteiger partial charge is 0.412 e. The molecule has 6 nitrogen and oxygen atoms in total. The molecule has 34 heavy (non-hydrogen) atoms. The quantitative estimate of drug-likeness (QED) is 0.534. The van der Waals surface area contributed by atoms with Crippen LogP contribution >= 0.6 is 0 Å². The first-order chi connectivity index (χ1) is 15.7. The van der Waals surface area contributed by atoms with Crippen molar-refractivity contribution in [1.29, 1.82) is 0 Å². The number of anilines is 2. The number of ether oxygens (including phenoxy) is 1. The molecule has 0 bridgehead atoms. The van der Waals surface area contributed by atoms with Crippen molar-refractivity contribution >= 4 is 27.2 Å². The summed E-state index contributed by atoms with van der Waals surface area (Å²) in [6.07, 6.45) is 2.10. The first kappa shape index (κ1) is 26.2. The topological polar surface area (TPSA) is 63.7 Å². The van der Waals surface area contributed by atoms with Crippen molar-refractivity contribution in [3.63, 3.8) is 0 Å². The van der Waals surface area contributed by atoms with Gasteiger partial charge in [0.2, 0.25) is 0 Å². The van der Waals surface area contributed by atoms with Crippen molar-refractivity contribution in [2.45, 2.75) is 84.6 Å². The minimum Gasteiger partial charge on any atom is -0.444 e. The molecule has 1 aliphatic rings. The summed E-state index contributed by atoms with van der Waals surface area (Å²) < 4.78 is 12.0. The maximum Gasteiger partial charge on any atom is 0.412 e. The lowest BCUT2D eigenvalue weighted by Crippen LogP contribution is -2.47. The molecule has 0 saturated heterocycles. The van der Waals surface area contributed by atoms with Gasteiger partial charge in [-0.1, -0.05) is 51.1 Å². The van der Waals surface area contributed by atoms with E-state index in [0.29, 0.717) is 11.6 Å². The molecule has 1 aromatic heterocycles. The molecule has 0 saturated carbocycles. The Labute approximate surface area is 207 Å². The van der Waals surface area contributed by atoms with E-state index in [9.17, 15) is 4.79 Å². The average Bonchev–Trinajstić information content (AvgIpc) is 2.71. The Morgan fingerprint density at radius 2 is 1.79 bits per heavy atom. The number of carbonyl (C=O) groups excluding carboxylic acids is 1. The molecule has 1 atom stereocenters. The third-order valence-electron chi connectivity index (χ3n) is 5.89. The fourth-order valence-electron chi connectivity index (χ4n) is 4.00. The highest BCUT2D eigenvalue weighted by molar-refractivity contribution is 6.31. The molecular formula is C27H41N3O3Si. The van der Waals surface area contributed by atoms with Crippen LogP contribution in [0.15, 0.2) is 42.6 Å². The van der Waals surface area contributed by atoms with Gasteiger partial charge in [0.15, 0.2) is 9.76 Å². The van der Waals surface area contributed by atoms with Crippen molar-refractivity contribution in [3.8, 4) is 0 Å². The molecule has 0 fully saturated rings.